The van der Waals surface area contributed by atoms with E-state index in [1.165, 1.54) is 18.2 Å². The largest absolute Gasteiger partial charge is 0.496 e. The molecule has 1 aliphatic heterocycles. The van der Waals surface area contributed by atoms with Gasteiger partial charge in [-0.15, -0.1) is 0 Å². The molecule has 0 aromatic heterocycles. The van der Waals surface area contributed by atoms with Gasteiger partial charge in [0.05, 0.1) is 32.0 Å². The molecule has 0 bridgehead atoms. The fraction of sp³-hybridized carbons (Fsp3) is 0.364. The number of rotatable bonds is 5. The Morgan fingerprint density at radius 1 is 1.21 bits per heavy atom. The van der Waals surface area contributed by atoms with Crippen molar-refractivity contribution in [3.8, 4) is 16.9 Å². The maximum Gasteiger partial charge on any atom is 0.254 e. The van der Waals surface area contributed by atoms with E-state index in [-0.39, 0.29) is 18.6 Å². The summed E-state index contributed by atoms with van der Waals surface area (Å²) >= 11 is 0. The molecule has 2 aromatic rings. The van der Waals surface area contributed by atoms with Crippen LogP contribution in [0, 0.1) is 13.8 Å². The molecule has 6 nitrogen and oxygen atoms in total. The van der Waals surface area contributed by atoms with Crippen LogP contribution in [0.15, 0.2) is 41.6 Å². The first-order chi connectivity index (χ1) is 13.5. The molecule has 1 heterocycles. The second-order valence-electron chi connectivity index (χ2n) is 6.98. The van der Waals surface area contributed by atoms with Gasteiger partial charge in [0, 0.05) is 17.5 Å². The Balaban J connectivity index is 1.95. The Kier molecular flexibility index (Phi) is 5.99. The highest BCUT2D eigenvalue weighted by molar-refractivity contribution is 6.01. The summed E-state index contributed by atoms with van der Waals surface area (Å²) in [5.74, 6) is 0.483. The van der Waals surface area contributed by atoms with E-state index in [4.69, 9.17) is 9.57 Å². The van der Waals surface area contributed by atoms with Gasteiger partial charge < -0.3 is 19.6 Å². The zero-order valence-electron chi connectivity index (χ0n) is 16.7. The number of hydrogen-bond acceptors (Lipinski definition) is 5. The Morgan fingerprint density at radius 3 is 2.68 bits per heavy atom. The first-order valence-corrected chi connectivity index (χ1v) is 9.25. The molecule has 1 saturated heterocycles. The minimum Gasteiger partial charge on any atom is -0.496 e. The van der Waals surface area contributed by atoms with E-state index >= 15 is 0 Å². The molecule has 1 amide bonds. The first kappa shape index (κ1) is 19.9. The van der Waals surface area contributed by atoms with E-state index in [1.54, 1.807) is 18.1 Å². The fourth-order valence-electron chi connectivity index (χ4n) is 3.62. The van der Waals surface area contributed by atoms with Gasteiger partial charge in [-0.25, -0.2) is 0 Å². The first-order valence-electron chi connectivity index (χ1n) is 9.25. The van der Waals surface area contributed by atoms with Gasteiger partial charge in [0.1, 0.15) is 12.9 Å². The van der Waals surface area contributed by atoms with Crippen LogP contribution in [0.5, 0.6) is 5.75 Å². The Morgan fingerprint density at radius 2 is 2.00 bits per heavy atom. The zero-order chi connectivity index (χ0) is 20.3. The van der Waals surface area contributed by atoms with Gasteiger partial charge in [0.25, 0.3) is 5.91 Å². The maximum atomic E-state index is 13.1. The number of amides is 1. The van der Waals surface area contributed by atoms with E-state index in [0.29, 0.717) is 24.3 Å². The van der Waals surface area contributed by atoms with Gasteiger partial charge >= 0.3 is 0 Å². The van der Waals surface area contributed by atoms with Crippen LogP contribution in [-0.4, -0.2) is 55.0 Å². The SMILES string of the molecule is CO/N=C1\C[C@@H](CO)N(C(=O)c2ccc(-c3cccc(C)c3C)c(OC)c2)C1. The van der Waals surface area contributed by atoms with E-state index in [2.05, 4.69) is 31.1 Å². The van der Waals surface area contributed by atoms with Crippen molar-refractivity contribution in [2.75, 3.05) is 27.4 Å². The summed E-state index contributed by atoms with van der Waals surface area (Å²) in [6, 6.07) is 11.3. The average molecular weight is 382 g/mol. The van der Waals surface area contributed by atoms with Crippen molar-refractivity contribution in [2.24, 2.45) is 5.16 Å². The summed E-state index contributed by atoms with van der Waals surface area (Å²) < 4.78 is 5.60. The number of oxime groups is 1. The molecule has 6 heteroatoms. The summed E-state index contributed by atoms with van der Waals surface area (Å²) in [4.78, 5) is 19.5. The third-order valence-electron chi connectivity index (χ3n) is 5.30. The van der Waals surface area contributed by atoms with Crippen molar-refractivity contribution in [2.45, 2.75) is 26.3 Å². The van der Waals surface area contributed by atoms with Gasteiger partial charge in [-0.3, -0.25) is 4.79 Å². The van der Waals surface area contributed by atoms with Gasteiger partial charge in [-0.2, -0.15) is 0 Å². The van der Waals surface area contributed by atoms with Crippen molar-refractivity contribution in [3.05, 3.63) is 53.1 Å². The molecule has 1 N–H and O–H groups in total. The summed E-state index contributed by atoms with van der Waals surface area (Å²) in [6.07, 6.45) is 0.508. The second kappa shape index (κ2) is 8.44. The van der Waals surface area contributed by atoms with Crippen LogP contribution < -0.4 is 4.74 Å². The quantitative estimate of drug-likeness (QED) is 0.806. The molecule has 0 spiro atoms. The van der Waals surface area contributed by atoms with Crippen molar-refractivity contribution in [1.29, 1.82) is 0 Å². The van der Waals surface area contributed by atoms with Crippen LogP contribution in [0.1, 0.15) is 27.9 Å². The van der Waals surface area contributed by atoms with E-state index in [0.717, 1.165) is 16.8 Å². The Hall–Kier alpha value is -2.86. The van der Waals surface area contributed by atoms with Gasteiger partial charge in [-0.05, 0) is 48.7 Å². The van der Waals surface area contributed by atoms with Crippen LogP contribution in [0.3, 0.4) is 0 Å². The van der Waals surface area contributed by atoms with Crippen LogP contribution in [0.25, 0.3) is 11.1 Å². The predicted octanol–water partition coefficient (Wildman–Crippen LogP) is 3.19. The number of aliphatic hydroxyl groups is 1. The van der Waals surface area contributed by atoms with Crippen LogP contribution in [-0.2, 0) is 4.84 Å². The topological polar surface area (TPSA) is 71.4 Å². The molecule has 0 aliphatic carbocycles. The van der Waals surface area contributed by atoms with Crippen molar-refractivity contribution >= 4 is 11.6 Å². The molecule has 3 rings (SSSR count). The number of carbonyl (C=O) groups excluding carboxylic acids is 1. The molecule has 2 aromatic carbocycles. The number of hydrogen-bond donors (Lipinski definition) is 1. The number of aryl methyl sites for hydroxylation is 1. The van der Waals surface area contributed by atoms with E-state index in [9.17, 15) is 9.90 Å². The lowest BCUT2D eigenvalue weighted by Crippen LogP contribution is -2.37. The number of carbonyl (C=O) groups is 1. The van der Waals surface area contributed by atoms with Gasteiger partial charge in [-0.1, -0.05) is 23.4 Å². The van der Waals surface area contributed by atoms with Gasteiger partial charge in [0.2, 0.25) is 0 Å². The molecule has 1 atom stereocenters. The number of benzene rings is 2. The van der Waals surface area contributed by atoms with Crippen LogP contribution in [0.2, 0.25) is 0 Å². The molecule has 0 radical (unpaired) electrons. The minimum atomic E-state index is -0.300. The summed E-state index contributed by atoms with van der Waals surface area (Å²) in [6.45, 7) is 4.38. The normalized spacial score (nSPS) is 17.8. The Labute approximate surface area is 165 Å². The molecular formula is C22H26N2O4. The molecule has 0 saturated carbocycles. The predicted molar refractivity (Wildman–Crippen MR) is 109 cm³/mol. The zero-order valence-corrected chi connectivity index (χ0v) is 16.7. The third kappa shape index (κ3) is 3.73. The smallest absolute Gasteiger partial charge is 0.254 e. The minimum absolute atomic E-state index is 0.119. The molecule has 1 aliphatic rings. The molecular weight excluding hydrogens is 356 g/mol. The van der Waals surface area contributed by atoms with Crippen molar-refractivity contribution < 1.29 is 19.5 Å². The lowest BCUT2D eigenvalue weighted by Gasteiger charge is -2.23. The molecule has 28 heavy (non-hydrogen) atoms. The van der Waals surface area contributed by atoms with Crippen LogP contribution in [0.4, 0.5) is 0 Å². The summed E-state index contributed by atoms with van der Waals surface area (Å²) in [5.41, 5.74) is 5.67. The summed E-state index contributed by atoms with van der Waals surface area (Å²) in [5, 5.41) is 13.6. The standard InChI is InChI=1S/C22H26N2O4/c1-14-6-5-7-19(15(14)2)20-9-8-16(10-21(20)27-3)22(26)24-12-17(23-28-4)11-18(24)13-25/h5-10,18,25H,11-13H2,1-4H3/b23-17+/t18-/m0/s1. The number of methoxy groups -OCH3 is 1. The van der Waals surface area contributed by atoms with E-state index in [1.807, 2.05) is 18.2 Å². The van der Waals surface area contributed by atoms with Crippen molar-refractivity contribution in [1.82, 2.24) is 4.90 Å². The lowest BCUT2D eigenvalue weighted by atomic mass is 9.95. The number of nitrogens with zero attached hydrogens (tertiary/aromatic N) is 2. The van der Waals surface area contributed by atoms with E-state index < -0.39 is 0 Å². The average Bonchev–Trinajstić information content (AvgIpc) is 3.12. The lowest BCUT2D eigenvalue weighted by molar-refractivity contribution is 0.0680. The summed E-state index contributed by atoms with van der Waals surface area (Å²) in [7, 11) is 3.08. The monoisotopic (exact) mass is 382 g/mol. The maximum absolute atomic E-state index is 13.1. The highest BCUT2D eigenvalue weighted by Crippen LogP contribution is 2.34. The number of aliphatic hydroxyl groups excluding tert-OH is 1. The molecule has 148 valence electrons. The van der Waals surface area contributed by atoms with Gasteiger partial charge in [0.15, 0.2) is 0 Å². The second-order valence-corrected chi connectivity index (χ2v) is 6.98. The highest BCUT2D eigenvalue weighted by Gasteiger charge is 2.33. The molecule has 1 fully saturated rings. The third-order valence-corrected chi connectivity index (χ3v) is 5.30. The number of ether oxygens (including phenoxy) is 1. The van der Waals surface area contributed by atoms with Crippen molar-refractivity contribution in [3.63, 3.8) is 0 Å². The highest BCUT2D eigenvalue weighted by atomic mass is 16.6. The fourth-order valence-corrected chi connectivity index (χ4v) is 3.62. The molecule has 0 unspecified atom stereocenters. The van der Waals surface area contributed by atoms with Crippen LogP contribution >= 0.6 is 0 Å². The number of likely N-dealkylation sites (tertiary alicyclic amines) is 1. The Bertz CT molecular complexity index is 907.